The Morgan fingerprint density at radius 1 is 1.31 bits per heavy atom. The lowest BCUT2D eigenvalue weighted by molar-refractivity contribution is -0.120. The highest BCUT2D eigenvalue weighted by Gasteiger charge is 2.02. The summed E-state index contributed by atoms with van der Waals surface area (Å²) in [6, 6.07) is 6.05. The van der Waals surface area contributed by atoms with Crippen LogP contribution < -0.4 is 10.1 Å². The lowest BCUT2D eigenvalue weighted by Gasteiger charge is -2.12. The highest BCUT2D eigenvalue weighted by molar-refractivity contribution is 5.75. The van der Waals surface area contributed by atoms with E-state index < -0.39 is 0 Å². The van der Waals surface area contributed by atoms with Gasteiger partial charge in [0.05, 0.1) is 6.54 Å². The van der Waals surface area contributed by atoms with Crippen molar-refractivity contribution in [3.05, 3.63) is 29.3 Å². The number of amides is 1. The summed E-state index contributed by atoms with van der Waals surface area (Å²) in [5.41, 5.74) is 2.25. The molecule has 1 aromatic rings. The van der Waals surface area contributed by atoms with Crippen molar-refractivity contribution in [2.24, 2.45) is 0 Å². The molecule has 0 aliphatic heterocycles. The quantitative estimate of drug-likeness (QED) is 0.774. The topological polar surface area (TPSA) is 38.3 Å². The fourth-order valence-corrected chi connectivity index (χ4v) is 1.50. The van der Waals surface area contributed by atoms with Crippen LogP contribution in [0.1, 0.15) is 24.5 Å². The smallest absolute Gasteiger partial charge is 0.219 e. The highest BCUT2D eigenvalue weighted by Crippen LogP contribution is 2.21. The monoisotopic (exact) mass is 221 g/mol. The summed E-state index contributed by atoms with van der Waals surface area (Å²) in [6.45, 7) is 6.94. The van der Waals surface area contributed by atoms with Crippen LogP contribution in [0.3, 0.4) is 0 Å². The first kappa shape index (κ1) is 12.6. The summed E-state index contributed by atoms with van der Waals surface area (Å²) in [5.74, 6) is 0.985. The van der Waals surface area contributed by atoms with E-state index in [0.29, 0.717) is 19.6 Å². The van der Waals surface area contributed by atoms with Crippen molar-refractivity contribution in [2.75, 3.05) is 13.2 Å². The van der Waals surface area contributed by atoms with E-state index in [0.717, 1.165) is 16.9 Å². The maximum absolute atomic E-state index is 11.0. The van der Waals surface area contributed by atoms with Gasteiger partial charge in [-0.1, -0.05) is 25.1 Å². The fourth-order valence-electron chi connectivity index (χ4n) is 1.50. The van der Waals surface area contributed by atoms with E-state index in [1.807, 2.05) is 39.0 Å². The molecule has 0 heterocycles. The molecule has 1 amide bonds. The minimum atomic E-state index is 0.0603. The maximum atomic E-state index is 11.0. The molecule has 1 aromatic carbocycles. The molecular formula is C13H19NO2. The molecular weight excluding hydrogens is 202 g/mol. The Kier molecular flexibility index (Phi) is 4.83. The largest absolute Gasteiger partial charge is 0.491 e. The van der Waals surface area contributed by atoms with Gasteiger partial charge < -0.3 is 10.1 Å². The van der Waals surface area contributed by atoms with Gasteiger partial charge in [0, 0.05) is 6.42 Å². The molecule has 3 nitrogen and oxygen atoms in total. The van der Waals surface area contributed by atoms with Crippen molar-refractivity contribution in [2.45, 2.75) is 27.2 Å². The van der Waals surface area contributed by atoms with Gasteiger partial charge >= 0.3 is 0 Å². The van der Waals surface area contributed by atoms with E-state index >= 15 is 0 Å². The number of ether oxygens (including phenoxy) is 1. The van der Waals surface area contributed by atoms with Crippen LogP contribution >= 0.6 is 0 Å². The predicted octanol–water partition coefficient (Wildman–Crippen LogP) is 2.21. The Morgan fingerprint density at radius 3 is 2.50 bits per heavy atom. The minimum absolute atomic E-state index is 0.0603. The van der Waals surface area contributed by atoms with E-state index in [1.54, 1.807) is 0 Å². The van der Waals surface area contributed by atoms with E-state index in [-0.39, 0.29) is 5.91 Å². The first-order valence-electron chi connectivity index (χ1n) is 5.61. The number of rotatable bonds is 5. The van der Waals surface area contributed by atoms with Crippen LogP contribution in [-0.2, 0) is 4.79 Å². The maximum Gasteiger partial charge on any atom is 0.219 e. The standard InChI is InChI=1S/C13H19NO2/c1-4-12(15)14-8-9-16-13-10(2)6-5-7-11(13)3/h5-7H,4,8-9H2,1-3H3,(H,14,15). The molecule has 1 N–H and O–H groups in total. The minimum Gasteiger partial charge on any atom is -0.491 e. The predicted molar refractivity (Wildman–Crippen MR) is 64.7 cm³/mol. The number of carbonyl (C=O) groups is 1. The van der Waals surface area contributed by atoms with Crippen LogP contribution in [0.2, 0.25) is 0 Å². The first-order valence-corrected chi connectivity index (χ1v) is 5.61. The highest BCUT2D eigenvalue weighted by atomic mass is 16.5. The molecule has 0 aliphatic rings. The van der Waals surface area contributed by atoms with E-state index in [4.69, 9.17) is 4.74 Å². The average molecular weight is 221 g/mol. The molecule has 1 rings (SSSR count). The van der Waals surface area contributed by atoms with Gasteiger partial charge in [0.1, 0.15) is 12.4 Å². The molecule has 0 saturated carbocycles. The number of hydrogen-bond donors (Lipinski definition) is 1. The zero-order valence-electron chi connectivity index (χ0n) is 10.2. The van der Waals surface area contributed by atoms with Gasteiger partial charge in [-0.3, -0.25) is 4.79 Å². The third-order valence-corrected chi connectivity index (χ3v) is 2.40. The molecule has 3 heteroatoms. The van der Waals surface area contributed by atoms with Crippen LogP contribution in [0, 0.1) is 13.8 Å². The second-order valence-corrected chi connectivity index (χ2v) is 3.77. The van der Waals surface area contributed by atoms with Crippen molar-refractivity contribution >= 4 is 5.91 Å². The van der Waals surface area contributed by atoms with Crippen LogP contribution in [0.15, 0.2) is 18.2 Å². The first-order chi connectivity index (χ1) is 7.65. The molecule has 88 valence electrons. The van der Waals surface area contributed by atoms with Crippen LogP contribution in [-0.4, -0.2) is 19.1 Å². The average Bonchev–Trinajstić information content (AvgIpc) is 2.27. The van der Waals surface area contributed by atoms with E-state index in [9.17, 15) is 4.79 Å². The molecule has 16 heavy (non-hydrogen) atoms. The van der Waals surface area contributed by atoms with Crippen LogP contribution in [0.5, 0.6) is 5.75 Å². The van der Waals surface area contributed by atoms with Gasteiger partial charge in [-0.05, 0) is 25.0 Å². The summed E-state index contributed by atoms with van der Waals surface area (Å²) in [4.78, 5) is 11.0. The van der Waals surface area contributed by atoms with Gasteiger partial charge in [-0.2, -0.15) is 0 Å². The normalized spacial score (nSPS) is 9.94. The van der Waals surface area contributed by atoms with Crippen molar-refractivity contribution in [1.82, 2.24) is 5.32 Å². The molecule has 0 spiro atoms. The molecule has 0 aromatic heterocycles. The van der Waals surface area contributed by atoms with Gasteiger partial charge in [0.15, 0.2) is 0 Å². The van der Waals surface area contributed by atoms with E-state index in [1.165, 1.54) is 0 Å². The van der Waals surface area contributed by atoms with Crippen molar-refractivity contribution in [3.8, 4) is 5.75 Å². The molecule has 0 saturated heterocycles. The van der Waals surface area contributed by atoms with Gasteiger partial charge in [-0.15, -0.1) is 0 Å². The van der Waals surface area contributed by atoms with Crippen LogP contribution in [0.25, 0.3) is 0 Å². The lowest BCUT2D eigenvalue weighted by atomic mass is 10.1. The summed E-state index contributed by atoms with van der Waals surface area (Å²) >= 11 is 0. The van der Waals surface area contributed by atoms with Gasteiger partial charge in [0.25, 0.3) is 0 Å². The molecule has 0 fully saturated rings. The summed E-state index contributed by atoms with van der Waals surface area (Å²) in [6.07, 6.45) is 0.517. The molecule has 0 bridgehead atoms. The van der Waals surface area contributed by atoms with Crippen molar-refractivity contribution in [1.29, 1.82) is 0 Å². The second kappa shape index (κ2) is 6.16. The second-order valence-electron chi connectivity index (χ2n) is 3.77. The summed E-state index contributed by atoms with van der Waals surface area (Å²) in [7, 11) is 0. The van der Waals surface area contributed by atoms with Gasteiger partial charge in [-0.25, -0.2) is 0 Å². The number of aryl methyl sites for hydroxylation is 2. The van der Waals surface area contributed by atoms with Crippen LogP contribution in [0.4, 0.5) is 0 Å². The summed E-state index contributed by atoms with van der Waals surface area (Å²) < 4.78 is 5.65. The van der Waals surface area contributed by atoms with Gasteiger partial charge in [0.2, 0.25) is 5.91 Å². The molecule has 0 atom stereocenters. The number of nitrogens with one attached hydrogen (secondary N) is 1. The number of carbonyl (C=O) groups excluding carboxylic acids is 1. The summed E-state index contributed by atoms with van der Waals surface area (Å²) in [5, 5.41) is 2.78. The Hall–Kier alpha value is -1.51. The molecule has 0 aliphatic carbocycles. The van der Waals surface area contributed by atoms with E-state index in [2.05, 4.69) is 5.32 Å². The Bertz CT molecular complexity index is 341. The Labute approximate surface area is 96.8 Å². The zero-order chi connectivity index (χ0) is 12.0. The SMILES string of the molecule is CCC(=O)NCCOc1c(C)cccc1C. The Balaban J connectivity index is 2.40. The number of benzene rings is 1. The zero-order valence-corrected chi connectivity index (χ0v) is 10.2. The molecule has 0 radical (unpaired) electrons. The number of para-hydroxylation sites is 1. The van der Waals surface area contributed by atoms with Crippen molar-refractivity contribution in [3.63, 3.8) is 0 Å². The fraction of sp³-hybridized carbons (Fsp3) is 0.462. The lowest BCUT2D eigenvalue weighted by Crippen LogP contribution is -2.27. The number of hydrogen-bond acceptors (Lipinski definition) is 2. The Morgan fingerprint density at radius 2 is 1.94 bits per heavy atom. The third kappa shape index (κ3) is 3.57. The third-order valence-electron chi connectivity index (χ3n) is 2.40. The van der Waals surface area contributed by atoms with Crippen molar-refractivity contribution < 1.29 is 9.53 Å². The molecule has 0 unspecified atom stereocenters.